The molecule has 2 rings (SSSR count). The van der Waals surface area contributed by atoms with E-state index in [9.17, 15) is 4.39 Å². The van der Waals surface area contributed by atoms with E-state index in [1.165, 1.54) is 12.1 Å². The van der Waals surface area contributed by atoms with Crippen LogP contribution in [0.3, 0.4) is 0 Å². The van der Waals surface area contributed by atoms with E-state index in [-0.39, 0.29) is 5.82 Å². The summed E-state index contributed by atoms with van der Waals surface area (Å²) < 4.78 is 30.6. The second-order valence-electron chi connectivity index (χ2n) is 5.78. The lowest BCUT2D eigenvalue weighted by atomic mass is 10.2. The normalized spacial score (nSPS) is 10.8. The van der Waals surface area contributed by atoms with E-state index in [2.05, 4.69) is 21.2 Å². The standard InChI is InChI=1S/C20H25BrFNO3/c1-3-25-19-12-16(13-23-9-4-10-24-2)11-18(21)20(19)26-14-15-5-7-17(22)8-6-15/h5-8,11-12,23H,3-4,9-10,13-14H2,1-2H3. The summed E-state index contributed by atoms with van der Waals surface area (Å²) in [5.41, 5.74) is 2.00. The van der Waals surface area contributed by atoms with Gasteiger partial charge in [-0.1, -0.05) is 12.1 Å². The molecule has 0 fully saturated rings. The predicted octanol–water partition coefficient (Wildman–Crippen LogP) is 4.69. The molecule has 26 heavy (non-hydrogen) atoms. The van der Waals surface area contributed by atoms with Crippen LogP contribution >= 0.6 is 15.9 Å². The molecular formula is C20H25BrFNO3. The summed E-state index contributed by atoms with van der Waals surface area (Å²) in [5.74, 6) is 1.09. The summed E-state index contributed by atoms with van der Waals surface area (Å²) >= 11 is 3.57. The molecule has 0 unspecified atom stereocenters. The van der Waals surface area contributed by atoms with Gasteiger partial charge in [0.05, 0.1) is 11.1 Å². The Morgan fingerprint density at radius 3 is 2.54 bits per heavy atom. The van der Waals surface area contributed by atoms with Gasteiger partial charge in [-0.05, 0) is 71.2 Å². The number of ether oxygens (including phenoxy) is 3. The summed E-state index contributed by atoms with van der Waals surface area (Å²) in [6, 6.07) is 10.3. The minimum atomic E-state index is -0.257. The fraction of sp³-hybridized carbons (Fsp3) is 0.400. The Morgan fingerprint density at radius 1 is 1.08 bits per heavy atom. The highest BCUT2D eigenvalue weighted by Gasteiger charge is 2.12. The van der Waals surface area contributed by atoms with Crippen LogP contribution in [0.2, 0.25) is 0 Å². The highest BCUT2D eigenvalue weighted by molar-refractivity contribution is 9.10. The number of methoxy groups -OCH3 is 1. The van der Waals surface area contributed by atoms with E-state index in [4.69, 9.17) is 14.2 Å². The number of benzene rings is 2. The Kier molecular flexibility index (Phi) is 8.88. The van der Waals surface area contributed by atoms with E-state index < -0.39 is 0 Å². The molecule has 4 nitrogen and oxygen atoms in total. The molecule has 0 atom stereocenters. The van der Waals surface area contributed by atoms with Crippen molar-refractivity contribution < 1.29 is 18.6 Å². The van der Waals surface area contributed by atoms with Crippen LogP contribution in [0.5, 0.6) is 11.5 Å². The maximum atomic E-state index is 13.0. The fourth-order valence-electron chi connectivity index (χ4n) is 2.44. The zero-order valence-corrected chi connectivity index (χ0v) is 16.8. The highest BCUT2D eigenvalue weighted by Crippen LogP contribution is 2.37. The second kappa shape index (κ2) is 11.2. The van der Waals surface area contributed by atoms with Crippen LogP contribution < -0.4 is 14.8 Å². The quantitative estimate of drug-likeness (QED) is 0.530. The Labute approximate surface area is 162 Å². The smallest absolute Gasteiger partial charge is 0.175 e. The van der Waals surface area contributed by atoms with E-state index >= 15 is 0 Å². The molecule has 0 saturated heterocycles. The lowest BCUT2D eigenvalue weighted by Crippen LogP contribution is -2.16. The van der Waals surface area contributed by atoms with E-state index in [1.54, 1.807) is 19.2 Å². The van der Waals surface area contributed by atoms with Crippen LogP contribution in [0.1, 0.15) is 24.5 Å². The van der Waals surface area contributed by atoms with Crippen LogP contribution in [-0.4, -0.2) is 26.9 Å². The molecule has 0 spiro atoms. The Balaban J connectivity index is 2.03. The summed E-state index contributed by atoms with van der Waals surface area (Å²) in [6.45, 7) is 5.20. The maximum Gasteiger partial charge on any atom is 0.175 e. The third kappa shape index (κ3) is 6.59. The monoisotopic (exact) mass is 425 g/mol. The molecular weight excluding hydrogens is 401 g/mol. The number of halogens is 2. The zero-order chi connectivity index (χ0) is 18.8. The van der Waals surface area contributed by atoms with Gasteiger partial charge < -0.3 is 19.5 Å². The first-order valence-electron chi connectivity index (χ1n) is 8.66. The minimum absolute atomic E-state index is 0.257. The van der Waals surface area contributed by atoms with E-state index in [0.717, 1.165) is 41.7 Å². The van der Waals surface area contributed by atoms with Gasteiger partial charge in [-0.2, -0.15) is 0 Å². The van der Waals surface area contributed by atoms with Gasteiger partial charge in [0.15, 0.2) is 11.5 Å². The highest BCUT2D eigenvalue weighted by atomic mass is 79.9. The minimum Gasteiger partial charge on any atom is -0.490 e. The molecule has 0 amide bonds. The van der Waals surface area contributed by atoms with Gasteiger partial charge in [-0.3, -0.25) is 0 Å². The average Bonchev–Trinajstić information content (AvgIpc) is 2.62. The SMILES string of the molecule is CCOc1cc(CNCCCOC)cc(Br)c1OCc1ccc(F)cc1. The molecule has 2 aromatic carbocycles. The number of rotatable bonds is 11. The van der Waals surface area contributed by atoms with Gasteiger partial charge in [-0.25, -0.2) is 4.39 Å². The zero-order valence-electron chi connectivity index (χ0n) is 15.2. The first-order chi connectivity index (χ1) is 12.6. The molecule has 2 aromatic rings. The molecule has 142 valence electrons. The molecule has 0 aromatic heterocycles. The van der Waals surface area contributed by atoms with Crippen LogP contribution in [0.15, 0.2) is 40.9 Å². The van der Waals surface area contributed by atoms with Crippen molar-refractivity contribution in [2.75, 3.05) is 26.9 Å². The molecule has 0 radical (unpaired) electrons. The lowest BCUT2D eigenvalue weighted by Gasteiger charge is -2.16. The van der Waals surface area contributed by atoms with Crippen molar-refractivity contribution in [3.05, 3.63) is 57.8 Å². The van der Waals surface area contributed by atoms with Gasteiger partial charge in [-0.15, -0.1) is 0 Å². The van der Waals surface area contributed by atoms with Crippen LogP contribution in [0.4, 0.5) is 4.39 Å². The van der Waals surface area contributed by atoms with E-state index in [0.29, 0.717) is 24.7 Å². The molecule has 0 bridgehead atoms. The van der Waals surface area contributed by atoms with Gasteiger partial charge in [0.2, 0.25) is 0 Å². The number of nitrogens with one attached hydrogen (secondary N) is 1. The topological polar surface area (TPSA) is 39.7 Å². The fourth-order valence-corrected chi connectivity index (χ4v) is 3.04. The van der Waals surface area contributed by atoms with Crippen molar-refractivity contribution in [1.29, 1.82) is 0 Å². The van der Waals surface area contributed by atoms with Crippen LogP contribution in [0, 0.1) is 5.82 Å². The molecule has 0 aliphatic carbocycles. The lowest BCUT2D eigenvalue weighted by molar-refractivity contribution is 0.194. The molecule has 0 aliphatic heterocycles. The van der Waals surface area contributed by atoms with Gasteiger partial charge >= 0.3 is 0 Å². The van der Waals surface area contributed by atoms with Gasteiger partial charge in [0, 0.05) is 20.3 Å². The van der Waals surface area contributed by atoms with Crippen LogP contribution in [0.25, 0.3) is 0 Å². The molecule has 1 N–H and O–H groups in total. The van der Waals surface area contributed by atoms with E-state index in [1.807, 2.05) is 19.1 Å². The maximum absolute atomic E-state index is 13.0. The second-order valence-corrected chi connectivity index (χ2v) is 6.63. The number of hydrogen-bond acceptors (Lipinski definition) is 4. The predicted molar refractivity (Wildman–Crippen MR) is 104 cm³/mol. The van der Waals surface area contributed by atoms with Crippen molar-refractivity contribution in [1.82, 2.24) is 5.32 Å². The molecule has 6 heteroatoms. The Morgan fingerprint density at radius 2 is 1.85 bits per heavy atom. The van der Waals surface area contributed by atoms with Gasteiger partial charge in [0.1, 0.15) is 12.4 Å². The molecule has 0 aliphatic rings. The van der Waals surface area contributed by atoms with Crippen LogP contribution in [-0.2, 0) is 17.9 Å². The Bertz CT molecular complexity index is 680. The molecule has 0 saturated carbocycles. The van der Waals surface area contributed by atoms with Crippen molar-refractivity contribution in [3.63, 3.8) is 0 Å². The first-order valence-corrected chi connectivity index (χ1v) is 9.45. The third-order valence-electron chi connectivity index (χ3n) is 3.70. The summed E-state index contributed by atoms with van der Waals surface area (Å²) in [4.78, 5) is 0. The third-order valence-corrected chi connectivity index (χ3v) is 4.29. The largest absolute Gasteiger partial charge is 0.490 e. The summed E-state index contributed by atoms with van der Waals surface area (Å²) in [7, 11) is 1.70. The van der Waals surface area contributed by atoms with Crippen molar-refractivity contribution >= 4 is 15.9 Å². The van der Waals surface area contributed by atoms with Gasteiger partial charge in [0.25, 0.3) is 0 Å². The first kappa shape index (κ1) is 20.7. The molecule has 0 heterocycles. The van der Waals surface area contributed by atoms with Crippen molar-refractivity contribution in [2.45, 2.75) is 26.5 Å². The number of hydrogen-bond donors (Lipinski definition) is 1. The Hall–Kier alpha value is -1.63. The summed E-state index contributed by atoms with van der Waals surface area (Å²) in [5, 5.41) is 3.38. The summed E-state index contributed by atoms with van der Waals surface area (Å²) in [6.07, 6.45) is 0.967. The average molecular weight is 426 g/mol. The van der Waals surface area contributed by atoms with Crippen molar-refractivity contribution in [3.8, 4) is 11.5 Å². The van der Waals surface area contributed by atoms with Crippen molar-refractivity contribution in [2.24, 2.45) is 0 Å².